The first-order valence-corrected chi connectivity index (χ1v) is 7.25. The Morgan fingerprint density at radius 1 is 1.21 bits per heavy atom. The zero-order chi connectivity index (χ0) is 13.3. The molecule has 100 valence electrons. The van der Waals surface area contributed by atoms with Crippen LogP contribution >= 0.6 is 0 Å². The zero-order valence-electron chi connectivity index (χ0n) is 11.8. The van der Waals surface area contributed by atoms with Gasteiger partial charge in [-0.15, -0.1) is 0 Å². The van der Waals surface area contributed by atoms with Gasteiger partial charge in [-0.2, -0.15) is 0 Å². The van der Waals surface area contributed by atoms with Gasteiger partial charge in [0, 0.05) is 17.6 Å². The van der Waals surface area contributed by atoms with E-state index in [-0.39, 0.29) is 0 Å². The molecule has 1 aliphatic carbocycles. The zero-order valence-corrected chi connectivity index (χ0v) is 11.8. The molecule has 1 atom stereocenters. The van der Waals surface area contributed by atoms with Crippen LogP contribution in [0.5, 0.6) is 0 Å². The number of nitrogens with one attached hydrogen (secondary N) is 1. The smallest absolute Gasteiger partial charge is 0.0705 e. The van der Waals surface area contributed by atoms with Crippen molar-refractivity contribution < 1.29 is 0 Å². The Kier molecular flexibility index (Phi) is 3.28. The number of benzene rings is 1. The quantitative estimate of drug-likeness (QED) is 0.893. The Hall–Kier alpha value is -1.41. The molecule has 1 unspecified atom stereocenters. The molecule has 0 amide bonds. The van der Waals surface area contributed by atoms with Crippen molar-refractivity contribution in [2.75, 3.05) is 7.05 Å². The molecule has 0 radical (unpaired) electrons. The third-order valence-corrected chi connectivity index (χ3v) is 4.69. The van der Waals surface area contributed by atoms with Crippen LogP contribution in [-0.4, -0.2) is 12.0 Å². The first-order valence-electron chi connectivity index (χ1n) is 7.25. The standard InChI is InChI=1S/C17H22N2/c1-17(9-3-4-10-17)16(18-2)14-8-7-13-6-5-11-19-15(13)12-14/h5-8,11-12,16,18H,3-4,9-10H2,1-2H3. The van der Waals surface area contributed by atoms with Crippen molar-refractivity contribution in [2.45, 2.75) is 38.6 Å². The summed E-state index contributed by atoms with van der Waals surface area (Å²) in [4.78, 5) is 4.48. The van der Waals surface area contributed by atoms with Crippen molar-refractivity contribution in [3.05, 3.63) is 42.1 Å². The van der Waals surface area contributed by atoms with Crippen molar-refractivity contribution >= 4 is 10.9 Å². The first-order chi connectivity index (χ1) is 9.23. The van der Waals surface area contributed by atoms with E-state index in [1.807, 2.05) is 12.3 Å². The Labute approximate surface area is 115 Å². The minimum Gasteiger partial charge on any atom is -0.313 e. The second-order valence-electron chi connectivity index (χ2n) is 6.04. The molecule has 1 aromatic carbocycles. The third kappa shape index (κ3) is 2.25. The van der Waals surface area contributed by atoms with Gasteiger partial charge in [-0.1, -0.05) is 38.0 Å². The number of fused-ring (bicyclic) bond motifs is 1. The molecule has 0 bridgehead atoms. The number of rotatable bonds is 3. The van der Waals surface area contributed by atoms with E-state index >= 15 is 0 Å². The maximum absolute atomic E-state index is 4.48. The van der Waals surface area contributed by atoms with E-state index in [0.29, 0.717) is 11.5 Å². The van der Waals surface area contributed by atoms with Gasteiger partial charge in [0.2, 0.25) is 0 Å². The van der Waals surface area contributed by atoms with Crippen molar-refractivity contribution in [2.24, 2.45) is 5.41 Å². The van der Waals surface area contributed by atoms with E-state index in [1.165, 1.54) is 36.6 Å². The van der Waals surface area contributed by atoms with Crippen LogP contribution in [0.1, 0.15) is 44.2 Å². The molecule has 0 spiro atoms. The summed E-state index contributed by atoms with van der Waals surface area (Å²) in [7, 11) is 2.08. The monoisotopic (exact) mass is 254 g/mol. The van der Waals surface area contributed by atoms with Gasteiger partial charge in [-0.25, -0.2) is 0 Å². The fourth-order valence-electron chi connectivity index (χ4n) is 3.65. The highest BCUT2D eigenvalue weighted by Crippen LogP contribution is 2.47. The van der Waals surface area contributed by atoms with E-state index in [0.717, 1.165) is 5.52 Å². The lowest BCUT2D eigenvalue weighted by atomic mass is 9.77. The second-order valence-corrected chi connectivity index (χ2v) is 6.04. The molecule has 19 heavy (non-hydrogen) atoms. The highest BCUT2D eigenvalue weighted by molar-refractivity contribution is 5.79. The molecular weight excluding hydrogens is 232 g/mol. The first kappa shape index (κ1) is 12.6. The number of aromatic nitrogens is 1. The van der Waals surface area contributed by atoms with E-state index < -0.39 is 0 Å². The Morgan fingerprint density at radius 2 is 2.00 bits per heavy atom. The van der Waals surface area contributed by atoms with Gasteiger partial charge in [0.15, 0.2) is 0 Å². The van der Waals surface area contributed by atoms with E-state index in [4.69, 9.17) is 0 Å². The van der Waals surface area contributed by atoms with Crippen molar-refractivity contribution in [3.63, 3.8) is 0 Å². The van der Waals surface area contributed by atoms with Crippen LogP contribution < -0.4 is 5.32 Å². The molecule has 0 aliphatic heterocycles. The third-order valence-electron chi connectivity index (χ3n) is 4.69. The minimum absolute atomic E-state index is 0.386. The van der Waals surface area contributed by atoms with Crippen LogP contribution in [0.4, 0.5) is 0 Å². The molecule has 1 aliphatic rings. The fraction of sp³-hybridized carbons (Fsp3) is 0.471. The number of hydrogen-bond donors (Lipinski definition) is 1. The molecule has 1 heterocycles. The lowest BCUT2D eigenvalue weighted by Crippen LogP contribution is -2.32. The Balaban J connectivity index is 2.01. The molecule has 2 nitrogen and oxygen atoms in total. The minimum atomic E-state index is 0.386. The summed E-state index contributed by atoms with van der Waals surface area (Å²) in [6.07, 6.45) is 7.23. The lowest BCUT2D eigenvalue weighted by molar-refractivity contribution is 0.234. The van der Waals surface area contributed by atoms with Crippen LogP contribution in [-0.2, 0) is 0 Å². The van der Waals surface area contributed by atoms with Crippen molar-refractivity contribution in [1.82, 2.24) is 10.3 Å². The number of pyridine rings is 1. The molecule has 3 rings (SSSR count). The number of hydrogen-bond acceptors (Lipinski definition) is 2. The Morgan fingerprint density at radius 3 is 2.74 bits per heavy atom. The molecule has 1 N–H and O–H groups in total. The van der Waals surface area contributed by atoms with Gasteiger partial charge in [0.25, 0.3) is 0 Å². The largest absolute Gasteiger partial charge is 0.313 e. The highest BCUT2D eigenvalue weighted by Gasteiger charge is 2.36. The van der Waals surface area contributed by atoms with Crippen LogP contribution in [0.2, 0.25) is 0 Å². The molecule has 1 fully saturated rings. The summed E-state index contributed by atoms with van der Waals surface area (Å²) in [5.74, 6) is 0. The number of nitrogens with zero attached hydrogens (tertiary/aromatic N) is 1. The summed E-state index contributed by atoms with van der Waals surface area (Å²) >= 11 is 0. The lowest BCUT2D eigenvalue weighted by Gasteiger charge is -2.34. The molecule has 2 heteroatoms. The SMILES string of the molecule is CNC(c1ccc2cccnc2c1)C1(C)CCCC1. The molecule has 2 aromatic rings. The average molecular weight is 254 g/mol. The fourth-order valence-corrected chi connectivity index (χ4v) is 3.65. The summed E-state index contributed by atoms with van der Waals surface area (Å²) in [6, 6.07) is 11.3. The topological polar surface area (TPSA) is 24.9 Å². The summed E-state index contributed by atoms with van der Waals surface area (Å²) in [6.45, 7) is 2.42. The van der Waals surface area contributed by atoms with Crippen LogP contribution in [0.3, 0.4) is 0 Å². The Bertz CT molecular complexity index is 570. The van der Waals surface area contributed by atoms with Crippen LogP contribution in [0, 0.1) is 5.41 Å². The molecule has 1 saturated carbocycles. The second kappa shape index (κ2) is 4.93. The van der Waals surface area contributed by atoms with Gasteiger partial charge in [-0.3, -0.25) is 4.98 Å². The summed E-state index contributed by atoms with van der Waals surface area (Å²) < 4.78 is 0. The maximum atomic E-state index is 4.48. The van der Waals surface area contributed by atoms with Gasteiger partial charge in [-0.05, 0) is 43.0 Å². The normalized spacial score (nSPS) is 19.7. The van der Waals surface area contributed by atoms with Crippen molar-refractivity contribution in [1.29, 1.82) is 0 Å². The van der Waals surface area contributed by atoms with Crippen LogP contribution in [0.25, 0.3) is 10.9 Å². The van der Waals surface area contributed by atoms with E-state index in [9.17, 15) is 0 Å². The van der Waals surface area contributed by atoms with Gasteiger partial charge in [0.1, 0.15) is 0 Å². The molecule has 1 aromatic heterocycles. The molecule has 0 saturated heterocycles. The van der Waals surface area contributed by atoms with Gasteiger partial charge in [0.05, 0.1) is 5.52 Å². The van der Waals surface area contributed by atoms with Crippen molar-refractivity contribution in [3.8, 4) is 0 Å². The summed E-state index contributed by atoms with van der Waals surface area (Å²) in [5.41, 5.74) is 2.86. The van der Waals surface area contributed by atoms with E-state index in [1.54, 1.807) is 0 Å². The maximum Gasteiger partial charge on any atom is 0.0705 e. The summed E-state index contributed by atoms with van der Waals surface area (Å²) in [5, 5.41) is 4.76. The van der Waals surface area contributed by atoms with Crippen LogP contribution in [0.15, 0.2) is 36.5 Å². The van der Waals surface area contributed by atoms with Gasteiger partial charge < -0.3 is 5.32 Å². The predicted octanol–water partition coefficient (Wildman–Crippen LogP) is 4.08. The van der Waals surface area contributed by atoms with E-state index in [2.05, 4.69) is 48.5 Å². The predicted molar refractivity (Wildman–Crippen MR) is 80.1 cm³/mol. The molecular formula is C17H22N2. The highest BCUT2D eigenvalue weighted by atomic mass is 14.9. The van der Waals surface area contributed by atoms with Gasteiger partial charge >= 0.3 is 0 Å². The average Bonchev–Trinajstić information content (AvgIpc) is 2.87.